The number of hydrogen-bond acceptors (Lipinski definition) is 4. The molecule has 1 heterocycles. The molecule has 0 aliphatic rings. The first kappa shape index (κ1) is 10.6. The van der Waals surface area contributed by atoms with E-state index in [1.807, 2.05) is 6.92 Å². The quantitative estimate of drug-likeness (QED) is 0.653. The number of aromatic nitrogens is 2. The van der Waals surface area contributed by atoms with E-state index in [1.54, 1.807) is 13.0 Å². The molecule has 1 amide bonds. The Kier molecular flexibility index (Phi) is 3.14. The maximum Gasteiger partial charge on any atom is 0.295 e. The fourth-order valence-electron chi connectivity index (χ4n) is 1.07. The van der Waals surface area contributed by atoms with Crippen molar-refractivity contribution in [1.82, 2.24) is 15.0 Å². The number of aryl methyl sites for hydroxylation is 2. The van der Waals surface area contributed by atoms with Crippen molar-refractivity contribution in [2.45, 2.75) is 13.8 Å². The Morgan fingerprint density at radius 3 is 2.57 bits per heavy atom. The maximum atomic E-state index is 11.6. The predicted octanol–water partition coefficient (Wildman–Crippen LogP) is 0.727. The second-order valence-electron chi connectivity index (χ2n) is 2.93. The number of hydroxylamine groups is 2. The third-order valence-corrected chi connectivity index (χ3v) is 1.74. The van der Waals surface area contributed by atoms with Crippen molar-refractivity contribution in [3.8, 4) is 0 Å². The molecular formula is C9H13N3O2. The van der Waals surface area contributed by atoms with E-state index in [0.717, 1.165) is 10.8 Å². The van der Waals surface area contributed by atoms with Crippen LogP contribution in [0, 0.1) is 13.8 Å². The van der Waals surface area contributed by atoms with Gasteiger partial charge in [-0.25, -0.2) is 15.0 Å². The van der Waals surface area contributed by atoms with E-state index in [4.69, 9.17) is 4.84 Å². The standard InChI is InChI=1S/C9H13N3O2/c1-6-5-8(11-7(2)10-6)9(13)12(3)14-4/h5H,1-4H3. The van der Waals surface area contributed by atoms with Gasteiger partial charge in [0.1, 0.15) is 11.5 Å². The Bertz CT molecular complexity index is 332. The van der Waals surface area contributed by atoms with Gasteiger partial charge in [-0.3, -0.25) is 9.63 Å². The average molecular weight is 195 g/mol. The molecule has 0 atom stereocenters. The van der Waals surface area contributed by atoms with E-state index >= 15 is 0 Å². The van der Waals surface area contributed by atoms with Crippen molar-refractivity contribution in [2.24, 2.45) is 0 Å². The van der Waals surface area contributed by atoms with Crippen molar-refractivity contribution < 1.29 is 9.63 Å². The molecule has 0 radical (unpaired) electrons. The summed E-state index contributed by atoms with van der Waals surface area (Å²) < 4.78 is 0. The van der Waals surface area contributed by atoms with Crippen LogP contribution >= 0.6 is 0 Å². The van der Waals surface area contributed by atoms with Crippen molar-refractivity contribution in [3.63, 3.8) is 0 Å². The largest absolute Gasteiger partial charge is 0.295 e. The molecule has 0 aliphatic heterocycles. The Morgan fingerprint density at radius 2 is 2.07 bits per heavy atom. The number of amides is 1. The molecule has 5 nitrogen and oxygen atoms in total. The molecule has 0 N–H and O–H groups in total. The smallest absolute Gasteiger partial charge is 0.274 e. The number of carbonyl (C=O) groups is 1. The molecular weight excluding hydrogens is 182 g/mol. The molecule has 1 aromatic rings. The van der Waals surface area contributed by atoms with Crippen LogP contribution in [0.4, 0.5) is 0 Å². The lowest BCUT2D eigenvalue weighted by Gasteiger charge is -2.13. The summed E-state index contributed by atoms with van der Waals surface area (Å²) in [6.45, 7) is 3.56. The molecule has 0 fully saturated rings. The Balaban J connectivity index is 3.01. The maximum absolute atomic E-state index is 11.6. The average Bonchev–Trinajstić information content (AvgIpc) is 2.14. The fourth-order valence-corrected chi connectivity index (χ4v) is 1.07. The van der Waals surface area contributed by atoms with Gasteiger partial charge in [-0.1, -0.05) is 0 Å². The van der Waals surface area contributed by atoms with Crippen LogP contribution < -0.4 is 0 Å². The summed E-state index contributed by atoms with van der Waals surface area (Å²) in [4.78, 5) is 24.5. The van der Waals surface area contributed by atoms with Crippen LogP contribution in [0.3, 0.4) is 0 Å². The molecule has 0 bridgehead atoms. The fraction of sp³-hybridized carbons (Fsp3) is 0.444. The molecule has 0 unspecified atom stereocenters. The van der Waals surface area contributed by atoms with E-state index in [1.165, 1.54) is 14.2 Å². The van der Waals surface area contributed by atoms with Crippen LogP contribution in [0.5, 0.6) is 0 Å². The number of hydrogen-bond donors (Lipinski definition) is 0. The molecule has 0 aromatic carbocycles. The Morgan fingerprint density at radius 1 is 1.43 bits per heavy atom. The van der Waals surface area contributed by atoms with Crippen LogP contribution in [-0.2, 0) is 4.84 Å². The molecule has 0 spiro atoms. The summed E-state index contributed by atoms with van der Waals surface area (Å²) in [6, 6.07) is 1.63. The van der Waals surface area contributed by atoms with Gasteiger partial charge in [0, 0.05) is 12.7 Å². The minimum Gasteiger partial charge on any atom is -0.274 e. The van der Waals surface area contributed by atoms with Crippen LogP contribution in [0.15, 0.2) is 6.07 Å². The van der Waals surface area contributed by atoms with E-state index in [9.17, 15) is 4.79 Å². The van der Waals surface area contributed by atoms with Gasteiger partial charge in [0.05, 0.1) is 7.11 Å². The van der Waals surface area contributed by atoms with E-state index < -0.39 is 0 Å². The zero-order valence-corrected chi connectivity index (χ0v) is 8.74. The van der Waals surface area contributed by atoms with Gasteiger partial charge >= 0.3 is 0 Å². The summed E-state index contributed by atoms with van der Waals surface area (Å²) in [5.74, 6) is 0.305. The van der Waals surface area contributed by atoms with Gasteiger partial charge in [0.25, 0.3) is 5.91 Å². The van der Waals surface area contributed by atoms with Gasteiger partial charge in [-0.2, -0.15) is 0 Å². The van der Waals surface area contributed by atoms with E-state index in [0.29, 0.717) is 11.5 Å². The zero-order chi connectivity index (χ0) is 10.7. The monoisotopic (exact) mass is 195 g/mol. The van der Waals surface area contributed by atoms with Gasteiger partial charge in [0.15, 0.2) is 0 Å². The second kappa shape index (κ2) is 4.15. The lowest BCUT2D eigenvalue weighted by molar-refractivity contribution is -0.0760. The van der Waals surface area contributed by atoms with Gasteiger partial charge in [-0.15, -0.1) is 0 Å². The highest BCUT2D eigenvalue weighted by Gasteiger charge is 2.13. The van der Waals surface area contributed by atoms with Crippen molar-refractivity contribution in [2.75, 3.05) is 14.2 Å². The van der Waals surface area contributed by atoms with Crippen molar-refractivity contribution in [1.29, 1.82) is 0 Å². The molecule has 14 heavy (non-hydrogen) atoms. The topological polar surface area (TPSA) is 55.3 Å². The molecule has 1 rings (SSSR count). The predicted molar refractivity (Wildman–Crippen MR) is 50.6 cm³/mol. The molecule has 1 aromatic heterocycles. The number of nitrogens with zero attached hydrogens (tertiary/aromatic N) is 3. The zero-order valence-electron chi connectivity index (χ0n) is 8.74. The lowest BCUT2D eigenvalue weighted by Crippen LogP contribution is -2.26. The third kappa shape index (κ3) is 2.26. The number of rotatable bonds is 2. The summed E-state index contributed by atoms with van der Waals surface area (Å²) in [6.07, 6.45) is 0. The highest BCUT2D eigenvalue weighted by atomic mass is 16.7. The lowest BCUT2D eigenvalue weighted by atomic mass is 10.3. The summed E-state index contributed by atoms with van der Waals surface area (Å²) in [5, 5.41) is 1.13. The molecule has 5 heteroatoms. The van der Waals surface area contributed by atoms with Crippen molar-refractivity contribution in [3.05, 3.63) is 23.3 Å². The first-order chi connectivity index (χ1) is 6.54. The minimum atomic E-state index is -0.277. The third-order valence-electron chi connectivity index (χ3n) is 1.74. The highest BCUT2D eigenvalue weighted by molar-refractivity contribution is 5.91. The van der Waals surface area contributed by atoms with Crippen molar-refractivity contribution >= 4 is 5.91 Å². The van der Waals surface area contributed by atoms with Gasteiger partial charge in [0.2, 0.25) is 0 Å². The highest BCUT2D eigenvalue weighted by Crippen LogP contribution is 2.03. The molecule has 0 aliphatic carbocycles. The summed E-state index contributed by atoms with van der Waals surface area (Å²) in [5.41, 5.74) is 1.12. The second-order valence-corrected chi connectivity index (χ2v) is 2.93. The van der Waals surface area contributed by atoms with E-state index in [2.05, 4.69) is 9.97 Å². The summed E-state index contributed by atoms with van der Waals surface area (Å²) in [7, 11) is 2.97. The Labute approximate surface area is 82.7 Å². The Hall–Kier alpha value is -1.49. The van der Waals surface area contributed by atoms with Crippen LogP contribution in [0.1, 0.15) is 22.0 Å². The van der Waals surface area contributed by atoms with E-state index in [-0.39, 0.29) is 5.91 Å². The normalized spacial score (nSPS) is 10.0. The SMILES string of the molecule is CON(C)C(=O)c1cc(C)nc(C)n1. The molecule has 0 saturated heterocycles. The minimum absolute atomic E-state index is 0.277. The summed E-state index contributed by atoms with van der Waals surface area (Å²) >= 11 is 0. The molecule has 76 valence electrons. The first-order valence-corrected chi connectivity index (χ1v) is 4.19. The van der Waals surface area contributed by atoms with Gasteiger partial charge in [-0.05, 0) is 19.9 Å². The van der Waals surface area contributed by atoms with Gasteiger partial charge < -0.3 is 0 Å². The van der Waals surface area contributed by atoms with Crippen LogP contribution in [-0.4, -0.2) is 35.1 Å². The van der Waals surface area contributed by atoms with Crippen LogP contribution in [0.25, 0.3) is 0 Å². The molecule has 0 saturated carbocycles. The first-order valence-electron chi connectivity index (χ1n) is 4.19. The van der Waals surface area contributed by atoms with Crippen LogP contribution in [0.2, 0.25) is 0 Å². The number of carbonyl (C=O) groups excluding carboxylic acids is 1.